The zero-order valence-electron chi connectivity index (χ0n) is 6.53. The summed E-state index contributed by atoms with van der Waals surface area (Å²) in [6.07, 6.45) is 6.48. The molecule has 0 aliphatic heterocycles. The van der Waals surface area contributed by atoms with Crippen LogP contribution in [0.4, 0.5) is 0 Å². The first-order valence-electron chi connectivity index (χ1n) is 4.21. The van der Waals surface area contributed by atoms with Gasteiger partial charge in [-0.05, 0) is 24.7 Å². The Kier molecular flexibility index (Phi) is 1.55. The van der Waals surface area contributed by atoms with Gasteiger partial charge < -0.3 is 10.2 Å². The summed E-state index contributed by atoms with van der Waals surface area (Å²) < 4.78 is 0. The number of allylic oxidation sites excluding steroid dienone is 2. The molecule has 62 valence electrons. The van der Waals surface area contributed by atoms with E-state index in [1.165, 1.54) is 0 Å². The van der Waals surface area contributed by atoms with Crippen molar-refractivity contribution in [3.8, 4) is 0 Å². The van der Waals surface area contributed by atoms with Crippen LogP contribution in [-0.2, 0) is 0 Å². The number of aliphatic hydroxyl groups is 2. The van der Waals surface area contributed by atoms with Crippen LogP contribution in [0.25, 0.3) is 0 Å². The Morgan fingerprint density at radius 1 is 1.27 bits per heavy atom. The molecule has 2 N–H and O–H groups in total. The van der Waals surface area contributed by atoms with E-state index < -0.39 is 0 Å². The molecular weight excluding hydrogens is 140 g/mol. The summed E-state index contributed by atoms with van der Waals surface area (Å²) in [4.78, 5) is 0. The van der Waals surface area contributed by atoms with Gasteiger partial charge in [-0.25, -0.2) is 0 Å². The first-order chi connectivity index (χ1) is 5.30. The van der Waals surface area contributed by atoms with E-state index in [2.05, 4.69) is 12.2 Å². The third-order valence-corrected chi connectivity index (χ3v) is 3.26. The average Bonchev–Trinajstić information content (AvgIpc) is 2.62. The molecular formula is C9H14O2. The van der Waals surface area contributed by atoms with Gasteiger partial charge in [0.2, 0.25) is 0 Å². The van der Waals surface area contributed by atoms with Crippen LogP contribution in [0.15, 0.2) is 12.2 Å². The van der Waals surface area contributed by atoms with Crippen molar-refractivity contribution in [1.29, 1.82) is 0 Å². The fourth-order valence-electron chi connectivity index (χ4n) is 2.47. The lowest BCUT2D eigenvalue weighted by molar-refractivity contribution is 0.0335. The van der Waals surface area contributed by atoms with Gasteiger partial charge in [-0.3, -0.25) is 0 Å². The normalized spacial score (nSPS) is 38.4. The quantitative estimate of drug-likeness (QED) is 0.570. The largest absolute Gasteiger partial charge is 0.396 e. The lowest BCUT2D eigenvalue weighted by atomic mass is 9.77. The van der Waals surface area contributed by atoms with Crippen molar-refractivity contribution in [3.63, 3.8) is 0 Å². The number of fused-ring (bicyclic) bond motifs is 2. The van der Waals surface area contributed by atoms with Gasteiger partial charge in [-0.1, -0.05) is 12.2 Å². The topological polar surface area (TPSA) is 40.5 Å². The fraction of sp³-hybridized carbons (Fsp3) is 0.778. The van der Waals surface area contributed by atoms with Gasteiger partial charge in [-0.2, -0.15) is 0 Å². The summed E-state index contributed by atoms with van der Waals surface area (Å²) in [6.45, 7) is 0.268. The van der Waals surface area contributed by atoms with E-state index in [-0.39, 0.29) is 18.6 Å². The molecule has 2 heteroatoms. The Labute approximate surface area is 66.5 Å². The SMILES string of the molecule is OCC1(CO)CC2C=CC1C2. The summed E-state index contributed by atoms with van der Waals surface area (Å²) >= 11 is 0. The van der Waals surface area contributed by atoms with E-state index in [4.69, 9.17) is 10.2 Å². The van der Waals surface area contributed by atoms with Crippen LogP contribution >= 0.6 is 0 Å². The van der Waals surface area contributed by atoms with Crippen molar-refractivity contribution in [3.05, 3.63) is 12.2 Å². The van der Waals surface area contributed by atoms with Gasteiger partial charge in [0.1, 0.15) is 0 Å². The lowest BCUT2D eigenvalue weighted by Gasteiger charge is -2.31. The third-order valence-electron chi connectivity index (χ3n) is 3.26. The Hall–Kier alpha value is -0.340. The van der Waals surface area contributed by atoms with E-state index in [1.807, 2.05) is 0 Å². The van der Waals surface area contributed by atoms with Crippen molar-refractivity contribution in [2.75, 3.05) is 13.2 Å². The molecule has 2 aliphatic carbocycles. The van der Waals surface area contributed by atoms with Crippen molar-refractivity contribution < 1.29 is 10.2 Å². The zero-order valence-corrected chi connectivity index (χ0v) is 6.53. The lowest BCUT2D eigenvalue weighted by Crippen LogP contribution is -2.33. The van der Waals surface area contributed by atoms with Crippen molar-refractivity contribution in [2.24, 2.45) is 17.3 Å². The zero-order chi connectivity index (χ0) is 7.90. The predicted octanol–water partition coefficient (Wildman–Crippen LogP) is 0.553. The molecule has 2 bridgehead atoms. The van der Waals surface area contributed by atoms with E-state index in [1.54, 1.807) is 0 Å². The van der Waals surface area contributed by atoms with Gasteiger partial charge in [0.05, 0.1) is 13.2 Å². The maximum Gasteiger partial charge on any atom is 0.0515 e. The molecule has 2 nitrogen and oxygen atoms in total. The molecule has 0 amide bonds. The summed E-state index contributed by atoms with van der Waals surface area (Å²) in [5.74, 6) is 1.06. The monoisotopic (exact) mass is 154 g/mol. The number of rotatable bonds is 2. The molecule has 0 spiro atoms. The highest BCUT2D eigenvalue weighted by atomic mass is 16.3. The number of aliphatic hydroxyl groups excluding tert-OH is 2. The summed E-state index contributed by atoms with van der Waals surface area (Å²) in [5.41, 5.74) is -0.181. The second kappa shape index (κ2) is 2.32. The summed E-state index contributed by atoms with van der Waals surface area (Å²) in [5, 5.41) is 18.3. The Balaban J connectivity index is 2.21. The fourth-order valence-corrected chi connectivity index (χ4v) is 2.47. The van der Waals surface area contributed by atoms with Crippen LogP contribution < -0.4 is 0 Å². The third kappa shape index (κ3) is 0.861. The van der Waals surface area contributed by atoms with Crippen LogP contribution in [0.1, 0.15) is 12.8 Å². The Morgan fingerprint density at radius 2 is 2.00 bits per heavy atom. The average molecular weight is 154 g/mol. The van der Waals surface area contributed by atoms with Gasteiger partial charge >= 0.3 is 0 Å². The van der Waals surface area contributed by atoms with E-state index in [0.717, 1.165) is 12.8 Å². The molecule has 2 rings (SSSR count). The first kappa shape index (κ1) is 7.32. The summed E-state index contributed by atoms with van der Waals surface area (Å²) in [6, 6.07) is 0. The molecule has 2 aliphatic rings. The molecule has 0 radical (unpaired) electrons. The van der Waals surface area contributed by atoms with E-state index >= 15 is 0 Å². The molecule has 2 atom stereocenters. The van der Waals surface area contributed by atoms with Crippen LogP contribution in [0, 0.1) is 17.3 Å². The smallest absolute Gasteiger partial charge is 0.0515 e. The molecule has 0 aromatic carbocycles. The Morgan fingerprint density at radius 3 is 2.27 bits per heavy atom. The first-order valence-corrected chi connectivity index (χ1v) is 4.21. The molecule has 0 saturated heterocycles. The molecule has 0 aromatic heterocycles. The van der Waals surface area contributed by atoms with Gasteiger partial charge in [-0.15, -0.1) is 0 Å². The van der Waals surface area contributed by atoms with E-state index in [0.29, 0.717) is 11.8 Å². The maximum absolute atomic E-state index is 9.14. The minimum atomic E-state index is -0.181. The van der Waals surface area contributed by atoms with Crippen LogP contribution in [0.2, 0.25) is 0 Å². The van der Waals surface area contributed by atoms with Gasteiger partial charge in [0.25, 0.3) is 0 Å². The molecule has 11 heavy (non-hydrogen) atoms. The minimum Gasteiger partial charge on any atom is -0.396 e. The predicted molar refractivity (Wildman–Crippen MR) is 42.0 cm³/mol. The van der Waals surface area contributed by atoms with E-state index in [9.17, 15) is 0 Å². The van der Waals surface area contributed by atoms with Crippen LogP contribution in [0.5, 0.6) is 0 Å². The maximum atomic E-state index is 9.14. The highest BCUT2D eigenvalue weighted by Gasteiger charge is 2.47. The highest BCUT2D eigenvalue weighted by Crippen LogP contribution is 2.51. The van der Waals surface area contributed by atoms with Crippen LogP contribution in [0.3, 0.4) is 0 Å². The van der Waals surface area contributed by atoms with Crippen LogP contribution in [-0.4, -0.2) is 23.4 Å². The molecule has 2 unspecified atom stereocenters. The van der Waals surface area contributed by atoms with Crippen molar-refractivity contribution in [2.45, 2.75) is 12.8 Å². The molecule has 1 saturated carbocycles. The molecule has 0 aromatic rings. The van der Waals surface area contributed by atoms with Gasteiger partial charge in [0, 0.05) is 5.41 Å². The number of hydrogen-bond donors (Lipinski definition) is 2. The summed E-state index contributed by atoms with van der Waals surface area (Å²) in [7, 11) is 0. The standard InChI is InChI=1S/C9H14O2/c10-5-9(6-11)4-7-1-2-8(9)3-7/h1-2,7-8,10-11H,3-6H2. The minimum absolute atomic E-state index is 0.134. The molecule has 0 heterocycles. The highest BCUT2D eigenvalue weighted by molar-refractivity contribution is 5.15. The Bertz CT molecular complexity index is 182. The second-order valence-electron chi connectivity index (χ2n) is 3.87. The second-order valence-corrected chi connectivity index (χ2v) is 3.87. The molecule has 1 fully saturated rings. The van der Waals surface area contributed by atoms with Gasteiger partial charge in [0.15, 0.2) is 0 Å². The number of hydrogen-bond acceptors (Lipinski definition) is 2. The van der Waals surface area contributed by atoms with Crippen molar-refractivity contribution in [1.82, 2.24) is 0 Å². The van der Waals surface area contributed by atoms with Crippen molar-refractivity contribution >= 4 is 0 Å².